The lowest BCUT2D eigenvalue weighted by molar-refractivity contribution is 1.21. The summed E-state index contributed by atoms with van der Waals surface area (Å²) >= 11 is 0. The summed E-state index contributed by atoms with van der Waals surface area (Å²) in [6.45, 7) is 0. The van der Waals surface area contributed by atoms with E-state index in [-0.39, 0.29) is 0 Å². The lowest BCUT2D eigenvalue weighted by atomic mass is 10.0. The van der Waals surface area contributed by atoms with Gasteiger partial charge in [-0.1, -0.05) is 72.8 Å². The van der Waals surface area contributed by atoms with Crippen molar-refractivity contribution in [2.75, 3.05) is 5.32 Å². The van der Waals surface area contributed by atoms with Gasteiger partial charge in [-0.2, -0.15) is 0 Å². The summed E-state index contributed by atoms with van der Waals surface area (Å²) in [5, 5.41) is 5.62. The van der Waals surface area contributed by atoms with Crippen LogP contribution in [0.15, 0.2) is 78.9 Å². The maximum absolute atomic E-state index is 4.82. The molecule has 2 nitrogen and oxygen atoms in total. The zero-order valence-corrected chi connectivity index (χ0v) is 13.3. The van der Waals surface area contributed by atoms with Gasteiger partial charge in [0.1, 0.15) is 5.82 Å². The molecule has 0 aliphatic heterocycles. The fourth-order valence-electron chi connectivity index (χ4n) is 2.92. The van der Waals surface area contributed by atoms with Crippen molar-refractivity contribution in [1.82, 2.24) is 4.98 Å². The molecule has 2 aromatic carbocycles. The van der Waals surface area contributed by atoms with E-state index in [2.05, 4.69) is 60.0 Å². The smallest absolute Gasteiger partial charge is 0.131 e. The monoisotopic (exact) mass is 310 g/mol. The van der Waals surface area contributed by atoms with E-state index < -0.39 is 0 Å². The number of hydrogen-bond acceptors (Lipinski definition) is 2. The van der Waals surface area contributed by atoms with Crippen molar-refractivity contribution in [2.24, 2.45) is 0 Å². The molecule has 24 heavy (non-hydrogen) atoms. The van der Waals surface area contributed by atoms with Crippen LogP contribution in [0.3, 0.4) is 0 Å². The Hall–Kier alpha value is -3.13. The molecule has 116 valence electrons. The molecule has 0 amide bonds. The summed E-state index contributed by atoms with van der Waals surface area (Å²) in [5.41, 5.74) is 3.44. The Bertz CT molecular complexity index is 987. The number of aromatic nitrogens is 1. The van der Waals surface area contributed by atoms with E-state index in [0.29, 0.717) is 0 Å². The normalized spacial score (nSPS) is 12.5. The molecule has 0 saturated carbocycles. The van der Waals surface area contributed by atoms with Crippen LogP contribution in [0.25, 0.3) is 23.3 Å². The van der Waals surface area contributed by atoms with Crippen LogP contribution >= 0.6 is 0 Å². The van der Waals surface area contributed by atoms with Gasteiger partial charge < -0.3 is 5.32 Å². The highest BCUT2D eigenvalue weighted by molar-refractivity contribution is 5.71. The van der Waals surface area contributed by atoms with Crippen molar-refractivity contribution in [3.63, 3.8) is 0 Å². The largest absolute Gasteiger partial charge is 0.340 e. The second-order valence-electron chi connectivity index (χ2n) is 5.75. The molecule has 0 unspecified atom stereocenters. The SMILES string of the molecule is C1=CCC=c2nc(Nc3ccccc3)cc(-c3ccccc3)c2=C1. The van der Waals surface area contributed by atoms with Crippen LogP contribution in [0, 0.1) is 0 Å². The van der Waals surface area contributed by atoms with Gasteiger partial charge in [0.05, 0.1) is 5.35 Å². The molecule has 0 bridgehead atoms. The first-order chi connectivity index (χ1) is 11.9. The molecule has 3 aromatic rings. The number of nitrogens with one attached hydrogen (secondary N) is 1. The molecule has 2 heteroatoms. The van der Waals surface area contributed by atoms with Gasteiger partial charge in [0.25, 0.3) is 0 Å². The highest BCUT2D eigenvalue weighted by Crippen LogP contribution is 2.19. The average Bonchev–Trinajstić information content (AvgIpc) is 2.88. The van der Waals surface area contributed by atoms with Gasteiger partial charge >= 0.3 is 0 Å². The molecular formula is C22H18N2. The third kappa shape index (κ3) is 2.99. The fourth-order valence-corrected chi connectivity index (χ4v) is 2.92. The summed E-state index contributed by atoms with van der Waals surface area (Å²) in [5.74, 6) is 0.866. The molecule has 1 aliphatic carbocycles. The van der Waals surface area contributed by atoms with Crippen LogP contribution in [0.4, 0.5) is 11.5 Å². The molecule has 0 fully saturated rings. The Labute approximate surface area is 141 Å². The van der Waals surface area contributed by atoms with Crippen LogP contribution in [-0.4, -0.2) is 4.98 Å². The zero-order chi connectivity index (χ0) is 16.2. The summed E-state index contributed by atoms with van der Waals surface area (Å²) in [4.78, 5) is 4.82. The van der Waals surface area contributed by atoms with E-state index in [1.807, 2.05) is 36.4 Å². The molecule has 0 atom stereocenters. The number of allylic oxidation sites excluding steroid dienone is 2. The van der Waals surface area contributed by atoms with Crippen LogP contribution in [0.2, 0.25) is 0 Å². The van der Waals surface area contributed by atoms with Gasteiger partial charge in [-0.15, -0.1) is 0 Å². The van der Waals surface area contributed by atoms with E-state index in [0.717, 1.165) is 23.3 Å². The summed E-state index contributed by atoms with van der Waals surface area (Å²) in [6.07, 6.45) is 9.50. The van der Waals surface area contributed by atoms with E-state index in [4.69, 9.17) is 4.98 Å². The van der Waals surface area contributed by atoms with Gasteiger partial charge in [0, 0.05) is 10.9 Å². The van der Waals surface area contributed by atoms with Crippen molar-refractivity contribution >= 4 is 23.7 Å². The fraction of sp³-hybridized carbons (Fsp3) is 0.0455. The summed E-state index contributed by atoms with van der Waals surface area (Å²) in [6, 6.07) is 22.8. The number of hydrogen-bond donors (Lipinski definition) is 1. The number of rotatable bonds is 3. The van der Waals surface area contributed by atoms with E-state index in [1.165, 1.54) is 16.3 Å². The molecule has 1 aliphatic rings. The molecule has 0 spiro atoms. The standard InChI is InChI=1S/C22H18N2/c1-4-10-17(11-5-1)20-16-22(23-18-12-6-2-7-13-18)24-21-15-9-3-8-14-19(20)21/h1-8,10-16H,9H2,(H,23,24). The van der Waals surface area contributed by atoms with Gasteiger partial charge in [-0.25, -0.2) is 4.98 Å². The van der Waals surface area contributed by atoms with E-state index >= 15 is 0 Å². The second kappa shape index (κ2) is 6.55. The molecule has 0 saturated heterocycles. The van der Waals surface area contributed by atoms with E-state index in [9.17, 15) is 0 Å². The Balaban J connectivity index is 1.90. The van der Waals surface area contributed by atoms with Crippen LogP contribution in [0.5, 0.6) is 0 Å². The Kier molecular flexibility index (Phi) is 3.95. The quantitative estimate of drug-likeness (QED) is 0.790. The van der Waals surface area contributed by atoms with Gasteiger partial charge in [-0.05, 0) is 35.7 Å². The summed E-state index contributed by atoms with van der Waals surface area (Å²) < 4.78 is 0. The van der Waals surface area contributed by atoms with Gasteiger partial charge in [0.15, 0.2) is 0 Å². The van der Waals surface area contributed by atoms with Gasteiger partial charge in [-0.3, -0.25) is 0 Å². The number of fused-ring (bicyclic) bond motifs is 1. The minimum Gasteiger partial charge on any atom is -0.340 e. The second-order valence-corrected chi connectivity index (χ2v) is 5.75. The van der Waals surface area contributed by atoms with E-state index in [1.54, 1.807) is 0 Å². The lowest BCUT2D eigenvalue weighted by Crippen LogP contribution is -2.30. The highest BCUT2D eigenvalue weighted by atomic mass is 15.0. The first kappa shape index (κ1) is 14.5. The van der Waals surface area contributed by atoms with Crippen molar-refractivity contribution in [1.29, 1.82) is 0 Å². The third-order valence-electron chi connectivity index (χ3n) is 4.07. The Morgan fingerprint density at radius 3 is 2.42 bits per heavy atom. The zero-order valence-electron chi connectivity index (χ0n) is 13.3. The maximum Gasteiger partial charge on any atom is 0.131 e. The average molecular weight is 310 g/mol. The number of nitrogens with zero attached hydrogens (tertiary/aromatic N) is 1. The van der Waals surface area contributed by atoms with Gasteiger partial charge in [0.2, 0.25) is 0 Å². The van der Waals surface area contributed by atoms with Crippen molar-refractivity contribution in [3.8, 4) is 11.1 Å². The van der Waals surface area contributed by atoms with Crippen LogP contribution < -0.4 is 15.9 Å². The van der Waals surface area contributed by atoms with Crippen molar-refractivity contribution in [2.45, 2.75) is 6.42 Å². The number of para-hydroxylation sites is 1. The topological polar surface area (TPSA) is 24.9 Å². The molecule has 0 radical (unpaired) electrons. The Morgan fingerprint density at radius 1 is 0.875 bits per heavy atom. The maximum atomic E-state index is 4.82. The number of benzene rings is 2. The number of pyridine rings is 1. The van der Waals surface area contributed by atoms with Crippen LogP contribution in [-0.2, 0) is 0 Å². The first-order valence-corrected chi connectivity index (χ1v) is 8.16. The predicted octanol–water partition coefficient (Wildman–Crippen LogP) is 4.01. The minimum absolute atomic E-state index is 0.866. The molecule has 4 rings (SSSR count). The van der Waals surface area contributed by atoms with Crippen LogP contribution in [0.1, 0.15) is 6.42 Å². The predicted molar refractivity (Wildman–Crippen MR) is 101 cm³/mol. The Morgan fingerprint density at radius 2 is 1.62 bits per heavy atom. The molecule has 1 N–H and O–H groups in total. The third-order valence-corrected chi connectivity index (χ3v) is 4.07. The molecule has 1 aromatic heterocycles. The van der Waals surface area contributed by atoms with Crippen molar-refractivity contribution in [3.05, 3.63) is 89.4 Å². The highest BCUT2D eigenvalue weighted by Gasteiger charge is 2.06. The first-order valence-electron chi connectivity index (χ1n) is 8.16. The molecule has 1 heterocycles. The molecular weight excluding hydrogens is 292 g/mol. The summed E-state index contributed by atoms with van der Waals surface area (Å²) in [7, 11) is 0. The minimum atomic E-state index is 0.866. The lowest BCUT2D eigenvalue weighted by Gasteiger charge is -2.10. The number of anilines is 2. The van der Waals surface area contributed by atoms with Crippen molar-refractivity contribution < 1.29 is 0 Å².